The Morgan fingerprint density at radius 1 is 1.38 bits per heavy atom. The number of hydrogen-bond acceptors (Lipinski definition) is 6. The first kappa shape index (κ1) is 26.6. The summed E-state index contributed by atoms with van der Waals surface area (Å²) in [5.74, 6) is 10.6. The zero-order valence-electron chi connectivity index (χ0n) is 17.3. The van der Waals surface area contributed by atoms with Crippen LogP contribution in [0.15, 0.2) is 24.3 Å². The summed E-state index contributed by atoms with van der Waals surface area (Å²) in [5.41, 5.74) is 1.74. The number of hydrogen-bond donors (Lipinski definition) is 5. The molecule has 2 amide bonds. The Hall–Kier alpha value is -2.44. The molecule has 1 heterocycles. The van der Waals surface area contributed by atoms with Crippen molar-refractivity contribution in [3.05, 3.63) is 35.4 Å². The maximum absolute atomic E-state index is 11.8. The fourth-order valence-electron chi connectivity index (χ4n) is 2.76. The van der Waals surface area contributed by atoms with Gasteiger partial charge < -0.3 is 20.4 Å². The van der Waals surface area contributed by atoms with Gasteiger partial charge in [0.2, 0.25) is 12.3 Å². The largest absolute Gasteiger partial charge is 0.396 e. The number of β-amino-alcohol motifs (C(OH)–C–C–N with tert-alkyl or cyclic N) is 1. The van der Waals surface area contributed by atoms with E-state index in [0.29, 0.717) is 45.3 Å². The number of aliphatic hydroxyl groups excluding tert-OH is 2. The van der Waals surface area contributed by atoms with Gasteiger partial charge in [-0.05, 0) is 36.0 Å². The van der Waals surface area contributed by atoms with E-state index in [9.17, 15) is 14.7 Å². The third kappa shape index (κ3) is 11.2. The molecule has 0 spiro atoms. The molecule has 8 heteroatoms. The first-order valence-electron chi connectivity index (χ1n) is 9.44. The van der Waals surface area contributed by atoms with Crippen LogP contribution in [0, 0.1) is 17.8 Å². The molecule has 1 unspecified atom stereocenters. The van der Waals surface area contributed by atoms with Crippen LogP contribution in [-0.2, 0) is 16.1 Å². The average molecular weight is 407 g/mol. The van der Waals surface area contributed by atoms with Gasteiger partial charge in [0.1, 0.15) is 0 Å². The third-order valence-electron chi connectivity index (χ3n) is 4.44. The smallest absolute Gasteiger partial charge is 0.223 e. The fraction of sp³-hybridized carbons (Fsp3) is 0.524. The quantitative estimate of drug-likeness (QED) is 0.188. The minimum Gasteiger partial charge on any atom is -0.396 e. The van der Waals surface area contributed by atoms with Crippen molar-refractivity contribution in [3.63, 3.8) is 0 Å². The highest BCUT2D eigenvalue weighted by molar-refractivity contribution is 5.77. The van der Waals surface area contributed by atoms with E-state index in [-0.39, 0.29) is 24.0 Å². The molecule has 1 aliphatic heterocycles. The number of nitrogens with zero attached hydrogens (tertiary/aromatic N) is 1. The Labute approximate surface area is 173 Å². The van der Waals surface area contributed by atoms with Gasteiger partial charge in [0.15, 0.2) is 0 Å². The monoisotopic (exact) mass is 406 g/mol. The Kier molecular flexibility index (Phi) is 13.3. The Morgan fingerprint density at radius 2 is 2.00 bits per heavy atom. The van der Waals surface area contributed by atoms with Crippen LogP contribution in [-0.4, -0.2) is 53.2 Å². The lowest BCUT2D eigenvalue weighted by Gasteiger charge is -2.26. The lowest BCUT2D eigenvalue weighted by Crippen LogP contribution is -2.33. The molecule has 0 bridgehead atoms. The van der Waals surface area contributed by atoms with E-state index in [1.54, 1.807) is 4.90 Å². The standard InChI is InChI=1S/C11H21NO3.C10H9NO.H4N2/c1-11(2,4-6-13)7-10(15)12-5-3-9(14)8-12;1-2-9-3-5-10(6-4-9)7-11-8-12;1-2/h9,13-14H,3-8H2,1-2H3;1,3-6,8H,7H2,(H,11,12);1-2H2. The molecule has 0 saturated carbocycles. The van der Waals surface area contributed by atoms with Crippen molar-refractivity contribution in [1.82, 2.24) is 10.2 Å². The molecule has 0 aromatic heterocycles. The average Bonchev–Trinajstić information content (AvgIpc) is 3.15. The number of carbonyl (C=O) groups excluding carboxylic acids is 2. The first-order chi connectivity index (χ1) is 13.8. The number of carbonyl (C=O) groups is 2. The van der Waals surface area contributed by atoms with E-state index in [1.807, 2.05) is 38.1 Å². The van der Waals surface area contributed by atoms with Crippen molar-refractivity contribution in [2.45, 2.75) is 45.8 Å². The molecule has 0 radical (unpaired) electrons. The number of aliphatic hydroxyl groups is 2. The van der Waals surface area contributed by atoms with Crippen molar-refractivity contribution in [2.75, 3.05) is 19.7 Å². The number of rotatable bonds is 7. The van der Waals surface area contributed by atoms with Crippen LogP contribution in [0.25, 0.3) is 0 Å². The summed E-state index contributed by atoms with van der Waals surface area (Å²) in [5, 5.41) is 20.7. The van der Waals surface area contributed by atoms with Gasteiger partial charge in [0.25, 0.3) is 0 Å². The van der Waals surface area contributed by atoms with E-state index in [4.69, 9.17) is 11.5 Å². The first-order valence-corrected chi connectivity index (χ1v) is 9.44. The van der Waals surface area contributed by atoms with Crippen molar-refractivity contribution in [1.29, 1.82) is 0 Å². The molecule has 2 rings (SSSR count). The highest BCUT2D eigenvalue weighted by Gasteiger charge is 2.29. The fourth-order valence-corrected chi connectivity index (χ4v) is 2.76. The van der Waals surface area contributed by atoms with Crippen LogP contribution in [0.5, 0.6) is 0 Å². The predicted octanol–water partition coefficient (Wildman–Crippen LogP) is 0.111. The van der Waals surface area contributed by atoms with E-state index in [0.717, 1.165) is 11.1 Å². The molecule has 1 aromatic rings. The second-order valence-corrected chi connectivity index (χ2v) is 7.44. The van der Waals surface area contributed by atoms with Gasteiger partial charge in [0, 0.05) is 38.2 Å². The molecule has 1 aliphatic rings. The molecule has 8 nitrogen and oxygen atoms in total. The van der Waals surface area contributed by atoms with Crippen LogP contribution >= 0.6 is 0 Å². The SMILES string of the molecule is C#Cc1ccc(CNC=O)cc1.CC(C)(CCO)CC(=O)N1CCC(O)C1.NN. The van der Waals surface area contributed by atoms with Crippen LogP contribution in [0.1, 0.15) is 44.2 Å². The summed E-state index contributed by atoms with van der Waals surface area (Å²) < 4.78 is 0. The normalized spacial score (nSPS) is 15.2. The van der Waals surface area contributed by atoms with Gasteiger partial charge in [-0.15, -0.1) is 6.42 Å². The molecular weight excluding hydrogens is 372 g/mol. The zero-order chi connectivity index (χ0) is 22.3. The van der Waals surface area contributed by atoms with Crippen LogP contribution < -0.4 is 17.0 Å². The molecule has 1 saturated heterocycles. The lowest BCUT2D eigenvalue weighted by atomic mass is 9.85. The number of terminal acetylenes is 1. The molecule has 0 aliphatic carbocycles. The van der Waals surface area contributed by atoms with Gasteiger partial charge >= 0.3 is 0 Å². The summed E-state index contributed by atoms with van der Waals surface area (Å²) in [7, 11) is 0. The van der Waals surface area contributed by atoms with E-state index >= 15 is 0 Å². The number of nitrogens with two attached hydrogens (primary N) is 2. The minimum atomic E-state index is -0.352. The predicted molar refractivity (Wildman–Crippen MR) is 113 cm³/mol. The summed E-state index contributed by atoms with van der Waals surface area (Å²) in [4.78, 5) is 23.5. The highest BCUT2D eigenvalue weighted by Crippen LogP contribution is 2.26. The van der Waals surface area contributed by atoms with Gasteiger partial charge in [0.05, 0.1) is 6.10 Å². The maximum atomic E-state index is 11.8. The van der Waals surface area contributed by atoms with E-state index in [2.05, 4.69) is 22.9 Å². The third-order valence-corrected chi connectivity index (χ3v) is 4.44. The highest BCUT2D eigenvalue weighted by atomic mass is 16.3. The molecule has 7 N–H and O–H groups in total. The van der Waals surface area contributed by atoms with E-state index < -0.39 is 0 Å². The van der Waals surface area contributed by atoms with E-state index in [1.165, 1.54) is 0 Å². The molecular formula is C21H34N4O4. The van der Waals surface area contributed by atoms with Crippen LogP contribution in [0.3, 0.4) is 0 Å². The van der Waals surface area contributed by atoms with Crippen molar-refractivity contribution >= 4 is 12.3 Å². The summed E-state index contributed by atoms with van der Waals surface area (Å²) in [6.07, 6.45) is 7.27. The minimum absolute atomic E-state index is 0.0880. The summed E-state index contributed by atoms with van der Waals surface area (Å²) in [6.45, 7) is 5.75. The van der Waals surface area contributed by atoms with Gasteiger partial charge in [-0.1, -0.05) is 31.9 Å². The summed E-state index contributed by atoms with van der Waals surface area (Å²) in [6, 6.07) is 7.49. The Morgan fingerprint density at radius 3 is 2.45 bits per heavy atom. The van der Waals surface area contributed by atoms with Crippen LogP contribution in [0.4, 0.5) is 0 Å². The summed E-state index contributed by atoms with van der Waals surface area (Å²) >= 11 is 0. The van der Waals surface area contributed by atoms with Crippen LogP contribution in [0.2, 0.25) is 0 Å². The van der Waals surface area contributed by atoms with Crippen molar-refractivity contribution in [3.8, 4) is 12.3 Å². The molecule has 1 atom stereocenters. The number of amides is 2. The van der Waals surface area contributed by atoms with Crippen molar-refractivity contribution in [2.24, 2.45) is 17.1 Å². The van der Waals surface area contributed by atoms with Gasteiger partial charge in [-0.2, -0.15) is 0 Å². The second kappa shape index (κ2) is 14.5. The molecule has 162 valence electrons. The lowest BCUT2D eigenvalue weighted by molar-refractivity contribution is -0.132. The second-order valence-electron chi connectivity index (χ2n) is 7.44. The van der Waals surface area contributed by atoms with Crippen molar-refractivity contribution < 1.29 is 19.8 Å². The number of likely N-dealkylation sites (tertiary alicyclic amines) is 1. The topological polar surface area (TPSA) is 142 Å². The molecule has 1 aromatic carbocycles. The maximum Gasteiger partial charge on any atom is 0.223 e. The Bertz CT molecular complexity index is 641. The zero-order valence-corrected chi connectivity index (χ0v) is 17.3. The molecule has 1 fully saturated rings. The number of nitrogens with one attached hydrogen (secondary N) is 1. The number of benzene rings is 1. The van der Waals surface area contributed by atoms with Gasteiger partial charge in [-0.3, -0.25) is 21.3 Å². The van der Waals surface area contributed by atoms with Gasteiger partial charge in [-0.25, -0.2) is 0 Å². The number of hydrazine groups is 1. The molecule has 29 heavy (non-hydrogen) atoms. The Balaban J connectivity index is 0.000000508.